The first-order valence-electron chi connectivity index (χ1n) is 8.46. The van der Waals surface area contributed by atoms with Crippen LogP contribution in [0, 0.1) is 5.82 Å². The van der Waals surface area contributed by atoms with E-state index in [1.165, 1.54) is 49.6 Å². The average Bonchev–Trinajstić information content (AvgIpc) is 3.11. The van der Waals surface area contributed by atoms with E-state index in [-0.39, 0.29) is 33.8 Å². The predicted octanol–water partition coefficient (Wildman–Crippen LogP) is 2.68. The third-order valence-electron chi connectivity index (χ3n) is 4.25. The third kappa shape index (κ3) is 4.43. The molecule has 0 fully saturated rings. The highest BCUT2D eigenvalue weighted by Gasteiger charge is 2.19. The van der Waals surface area contributed by atoms with Crippen LogP contribution in [-0.4, -0.2) is 31.8 Å². The summed E-state index contributed by atoms with van der Waals surface area (Å²) in [6.07, 6.45) is 0. The van der Waals surface area contributed by atoms with Crippen molar-refractivity contribution in [2.75, 3.05) is 7.11 Å². The summed E-state index contributed by atoms with van der Waals surface area (Å²) in [5.41, 5.74) is 6.35. The van der Waals surface area contributed by atoms with Gasteiger partial charge in [0.1, 0.15) is 18.1 Å². The Hall–Kier alpha value is -3.41. The summed E-state index contributed by atoms with van der Waals surface area (Å²) in [5.74, 6) is -0.132. The Labute approximate surface area is 171 Å². The maximum atomic E-state index is 14.2. The lowest BCUT2D eigenvalue weighted by molar-refractivity contribution is -0.0511. The maximum absolute atomic E-state index is 14.2. The Balaban J connectivity index is 2.11. The summed E-state index contributed by atoms with van der Waals surface area (Å²) in [7, 11) is -2.54. The molecule has 30 heavy (non-hydrogen) atoms. The van der Waals surface area contributed by atoms with E-state index in [9.17, 15) is 22.8 Å². The fourth-order valence-corrected chi connectivity index (χ4v) is 3.32. The second-order valence-corrected chi connectivity index (χ2v) is 7.83. The Morgan fingerprint density at radius 2 is 1.80 bits per heavy atom. The third-order valence-corrected chi connectivity index (χ3v) is 5.18. The number of carbonyl (C=O) groups excluding carboxylic acids is 1. The minimum absolute atomic E-state index is 0.0526. The minimum Gasteiger partial charge on any atom is -0.494 e. The van der Waals surface area contributed by atoms with Crippen LogP contribution in [0.2, 0.25) is 0 Å². The number of amides is 2. The Morgan fingerprint density at radius 1 is 1.17 bits per heavy atom. The number of furan rings is 1. The molecule has 3 rings (SSSR count). The van der Waals surface area contributed by atoms with Crippen molar-refractivity contribution < 1.29 is 32.0 Å². The molecule has 0 spiro atoms. The van der Waals surface area contributed by atoms with Gasteiger partial charge in [0, 0.05) is 11.1 Å². The van der Waals surface area contributed by atoms with Crippen LogP contribution in [0.3, 0.4) is 0 Å². The lowest BCUT2D eigenvalue weighted by Gasteiger charge is -2.09. The number of primary amides is 1. The molecular weight excluding hydrogens is 417 g/mol. The molecule has 0 saturated heterocycles. The highest BCUT2D eigenvalue weighted by atomic mass is 32.2. The topological polar surface area (TPSA) is 149 Å². The molecule has 3 aromatic rings. The summed E-state index contributed by atoms with van der Waals surface area (Å²) in [6.45, 7) is -0.351. The van der Waals surface area contributed by atoms with Crippen molar-refractivity contribution in [3.8, 4) is 28.2 Å². The first-order chi connectivity index (χ1) is 14.1. The van der Waals surface area contributed by atoms with Gasteiger partial charge in [-0.1, -0.05) is 6.07 Å². The quantitative estimate of drug-likeness (QED) is 0.400. The first-order valence-corrected chi connectivity index (χ1v) is 10.0. The number of halogens is 1. The molecule has 0 aliphatic rings. The van der Waals surface area contributed by atoms with Crippen LogP contribution >= 0.6 is 0 Å². The van der Waals surface area contributed by atoms with Crippen LogP contribution in [0.25, 0.3) is 22.5 Å². The standard InChI is InChI=1S/C19H18FN3O6S/c1-28-17-7-4-12(8-16(17)20)15-9-13(10-23(25)19(21)24)29-18(15)11-2-5-14(6-3-11)30(22,26)27/h2-9,25H,10H2,1H3,(H2,21,24)(H2,22,26,27). The smallest absolute Gasteiger partial charge is 0.338 e. The molecule has 0 aliphatic heterocycles. The molecule has 2 aromatic carbocycles. The highest BCUT2D eigenvalue weighted by Crippen LogP contribution is 2.37. The summed E-state index contributed by atoms with van der Waals surface area (Å²) >= 11 is 0. The summed E-state index contributed by atoms with van der Waals surface area (Å²) < 4.78 is 47.9. The van der Waals surface area contributed by atoms with Crippen molar-refractivity contribution in [3.63, 3.8) is 0 Å². The van der Waals surface area contributed by atoms with Crippen LogP contribution < -0.4 is 15.6 Å². The number of methoxy groups -OCH3 is 1. The molecule has 11 heteroatoms. The number of primary sulfonamides is 1. The second kappa shape index (κ2) is 8.14. The lowest BCUT2D eigenvalue weighted by atomic mass is 10.0. The fourth-order valence-electron chi connectivity index (χ4n) is 2.80. The fraction of sp³-hybridized carbons (Fsp3) is 0.105. The van der Waals surface area contributed by atoms with Crippen molar-refractivity contribution in [3.05, 3.63) is 60.1 Å². The Kier molecular flexibility index (Phi) is 5.78. The molecular formula is C19H18FN3O6S. The molecule has 0 aliphatic carbocycles. The van der Waals surface area contributed by atoms with Gasteiger partial charge in [-0.15, -0.1) is 0 Å². The molecule has 2 amide bonds. The van der Waals surface area contributed by atoms with Gasteiger partial charge in [0.25, 0.3) is 0 Å². The molecule has 0 unspecified atom stereocenters. The van der Waals surface area contributed by atoms with Gasteiger partial charge in [0.05, 0.1) is 12.0 Å². The van der Waals surface area contributed by atoms with Gasteiger partial charge in [-0.2, -0.15) is 5.06 Å². The number of carbonyl (C=O) groups is 1. The number of sulfonamides is 1. The van der Waals surface area contributed by atoms with Gasteiger partial charge >= 0.3 is 6.03 Å². The average molecular weight is 435 g/mol. The largest absolute Gasteiger partial charge is 0.494 e. The SMILES string of the molecule is COc1ccc(-c2cc(CN(O)C(N)=O)oc2-c2ccc(S(N)(=O)=O)cc2)cc1F. The van der Waals surface area contributed by atoms with E-state index in [1.807, 2.05) is 0 Å². The van der Waals surface area contributed by atoms with Gasteiger partial charge in [-0.05, 0) is 48.0 Å². The number of nitrogens with two attached hydrogens (primary N) is 2. The number of hydroxylamine groups is 2. The lowest BCUT2D eigenvalue weighted by Crippen LogP contribution is -2.31. The summed E-state index contributed by atoms with van der Waals surface area (Å²) in [5, 5.41) is 15.0. The molecule has 5 N–H and O–H groups in total. The molecule has 0 bridgehead atoms. The van der Waals surface area contributed by atoms with Gasteiger partial charge < -0.3 is 14.9 Å². The van der Waals surface area contributed by atoms with Crippen LogP contribution in [0.15, 0.2) is 57.8 Å². The molecule has 1 heterocycles. The molecule has 1 aromatic heterocycles. The zero-order chi connectivity index (χ0) is 22.1. The molecule has 9 nitrogen and oxygen atoms in total. The number of benzene rings is 2. The van der Waals surface area contributed by atoms with Gasteiger partial charge in [0.2, 0.25) is 10.0 Å². The van der Waals surface area contributed by atoms with Crippen LogP contribution in [-0.2, 0) is 16.6 Å². The van der Waals surface area contributed by atoms with E-state index < -0.39 is 21.9 Å². The number of hydrogen-bond donors (Lipinski definition) is 3. The van der Waals surface area contributed by atoms with Crippen molar-refractivity contribution in [2.24, 2.45) is 10.9 Å². The zero-order valence-corrected chi connectivity index (χ0v) is 16.5. The van der Waals surface area contributed by atoms with E-state index in [1.54, 1.807) is 6.07 Å². The van der Waals surface area contributed by atoms with Gasteiger partial charge in [0.15, 0.2) is 11.6 Å². The molecule has 0 atom stereocenters. The van der Waals surface area contributed by atoms with Crippen molar-refractivity contribution in [2.45, 2.75) is 11.4 Å². The number of ether oxygens (including phenoxy) is 1. The summed E-state index contributed by atoms with van der Waals surface area (Å²) in [4.78, 5) is 11.0. The Bertz CT molecular complexity index is 1190. The van der Waals surface area contributed by atoms with Crippen LogP contribution in [0.1, 0.15) is 5.76 Å². The van der Waals surface area contributed by atoms with Crippen LogP contribution in [0.4, 0.5) is 9.18 Å². The van der Waals surface area contributed by atoms with E-state index in [0.29, 0.717) is 16.7 Å². The molecule has 0 saturated carbocycles. The number of urea groups is 1. The number of nitrogens with zero attached hydrogens (tertiary/aromatic N) is 1. The number of rotatable bonds is 6. The van der Waals surface area contributed by atoms with Crippen LogP contribution in [0.5, 0.6) is 5.75 Å². The monoisotopic (exact) mass is 435 g/mol. The van der Waals surface area contributed by atoms with Crippen molar-refractivity contribution in [1.29, 1.82) is 0 Å². The van der Waals surface area contributed by atoms with E-state index in [4.69, 9.17) is 20.0 Å². The Morgan fingerprint density at radius 3 is 2.33 bits per heavy atom. The van der Waals surface area contributed by atoms with E-state index in [0.717, 1.165) is 0 Å². The minimum atomic E-state index is -3.88. The predicted molar refractivity (Wildman–Crippen MR) is 104 cm³/mol. The number of hydrogen-bond acceptors (Lipinski definition) is 6. The zero-order valence-electron chi connectivity index (χ0n) is 15.7. The van der Waals surface area contributed by atoms with E-state index in [2.05, 4.69) is 0 Å². The first kappa shape index (κ1) is 21.3. The van der Waals surface area contributed by atoms with E-state index >= 15 is 0 Å². The maximum Gasteiger partial charge on any atom is 0.338 e. The normalized spacial score (nSPS) is 11.3. The summed E-state index contributed by atoms with van der Waals surface area (Å²) in [6, 6.07) is 10.2. The second-order valence-electron chi connectivity index (χ2n) is 6.27. The molecule has 0 radical (unpaired) electrons. The van der Waals surface area contributed by atoms with Crippen molar-refractivity contribution >= 4 is 16.1 Å². The molecule has 158 valence electrons. The highest BCUT2D eigenvalue weighted by molar-refractivity contribution is 7.89. The van der Waals surface area contributed by atoms with Gasteiger partial charge in [-0.3, -0.25) is 5.21 Å². The van der Waals surface area contributed by atoms with Crippen molar-refractivity contribution in [1.82, 2.24) is 5.06 Å². The van der Waals surface area contributed by atoms with Gasteiger partial charge in [-0.25, -0.2) is 22.7 Å².